The first kappa shape index (κ1) is 25.8. The first-order valence-corrected chi connectivity index (χ1v) is 10.2. The number of nitrogens with one attached hydrogen (secondary N) is 1. The van der Waals surface area contributed by atoms with E-state index >= 15 is 0 Å². The number of hydrogen-bond acceptors (Lipinski definition) is 6. The number of benzene rings is 1. The first-order valence-electron chi connectivity index (χ1n) is 9.78. The number of hydrogen-bond donors (Lipinski definition) is 2. The predicted octanol–water partition coefficient (Wildman–Crippen LogP) is 5.01. The van der Waals surface area contributed by atoms with Gasteiger partial charge in [0.2, 0.25) is 11.6 Å². The van der Waals surface area contributed by atoms with Gasteiger partial charge in [0.1, 0.15) is 5.69 Å². The minimum absolute atomic E-state index is 0.00437. The SMILES string of the molecule is CC(O)(CNC(=O)Oc1nc(-c2ccc(Cl)cc2)c(OCC(F)(F)F)nc1C(F)(F)F)C1CC1. The first-order chi connectivity index (χ1) is 15.7. The van der Waals surface area contributed by atoms with E-state index in [-0.39, 0.29) is 23.0 Å². The molecule has 1 unspecified atom stereocenters. The third kappa shape index (κ3) is 6.86. The quantitative estimate of drug-likeness (QED) is 0.506. The molecule has 2 N–H and O–H groups in total. The number of aromatic nitrogens is 2. The summed E-state index contributed by atoms with van der Waals surface area (Å²) in [4.78, 5) is 18.9. The van der Waals surface area contributed by atoms with Crippen LogP contribution in [0.3, 0.4) is 0 Å². The minimum Gasteiger partial charge on any atom is -0.466 e. The highest BCUT2D eigenvalue weighted by Gasteiger charge is 2.42. The van der Waals surface area contributed by atoms with Crippen molar-refractivity contribution in [2.24, 2.45) is 5.92 Å². The summed E-state index contributed by atoms with van der Waals surface area (Å²) < 4.78 is 87.9. The topological polar surface area (TPSA) is 93.6 Å². The van der Waals surface area contributed by atoms with E-state index in [4.69, 9.17) is 16.3 Å². The van der Waals surface area contributed by atoms with Crippen LogP contribution >= 0.6 is 11.6 Å². The number of carbonyl (C=O) groups is 1. The van der Waals surface area contributed by atoms with E-state index in [9.17, 15) is 36.2 Å². The Kier molecular flexibility index (Phi) is 7.18. The van der Waals surface area contributed by atoms with E-state index in [0.717, 1.165) is 12.8 Å². The third-order valence-electron chi connectivity index (χ3n) is 4.83. The molecule has 0 bridgehead atoms. The minimum atomic E-state index is -5.25. The number of amides is 1. The van der Waals surface area contributed by atoms with Gasteiger partial charge in [-0.25, -0.2) is 14.8 Å². The maximum absolute atomic E-state index is 13.6. The lowest BCUT2D eigenvalue weighted by molar-refractivity contribution is -0.154. The maximum Gasteiger partial charge on any atom is 0.438 e. The summed E-state index contributed by atoms with van der Waals surface area (Å²) in [6.07, 6.45) is -10.0. The standard InChI is InChI=1S/C20H18ClF6N3O4/c1-18(32,11-4-5-11)8-28-17(31)34-16-14(20(25,26)27)30-15(33-9-19(22,23)24)13(29-16)10-2-6-12(21)7-3-10/h2-3,6-7,11,32H,4-5,8-9H2,1H3,(H,28,31). The van der Waals surface area contributed by atoms with Gasteiger partial charge in [0.05, 0.1) is 5.60 Å². The molecule has 1 amide bonds. The molecule has 3 rings (SSSR count). The van der Waals surface area contributed by atoms with Gasteiger partial charge in [0, 0.05) is 17.1 Å². The fourth-order valence-corrected chi connectivity index (χ4v) is 3.06. The van der Waals surface area contributed by atoms with Gasteiger partial charge in [0.15, 0.2) is 6.61 Å². The molecule has 186 valence electrons. The monoisotopic (exact) mass is 513 g/mol. The van der Waals surface area contributed by atoms with Crippen LogP contribution in [0.5, 0.6) is 11.8 Å². The maximum atomic E-state index is 13.6. The molecular weight excluding hydrogens is 496 g/mol. The van der Waals surface area contributed by atoms with E-state index in [1.165, 1.54) is 31.2 Å². The number of halogens is 7. The molecule has 0 aliphatic heterocycles. The molecule has 0 spiro atoms. The molecule has 1 heterocycles. The second kappa shape index (κ2) is 9.45. The number of rotatable bonds is 7. The van der Waals surface area contributed by atoms with E-state index in [2.05, 4.69) is 20.0 Å². The summed E-state index contributed by atoms with van der Waals surface area (Å²) in [5.41, 5.74) is -3.70. The van der Waals surface area contributed by atoms with Crippen LogP contribution in [-0.4, -0.2) is 46.1 Å². The van der Waals surface area contributed by atoms with Crippen molar-refractivity contribution in [1.82, 2.24) is 15.3 Å². The summed E-state index contributed by atoms with van der Waals surface area (Å²) in [5.74, 6) is -2.45. The van der Waals surface area contributed by atoms with Crippen LogP contribution in [0.2, 0.25) is 5.02 Å². The molecule has 1 aliphatic rings. The van der Waals surface area contributed by atoms with Crippen molar-refractivity contribution < 1.29 is 45.7 Å². The molecule has 1 fully saturated rings. The van der Waals surface area contributed by atoms with E-state index in [1.807, 2.05) is 0 Å². The Balaban J connectivity index is 1.96. The third-order valence-corrected chi connectivity index (χ3v) is 5.08. The van der Waals surface area contributed by atoms with Crippen molar-refractivity contribution in [3.05, 3.63) is 35.0 Å². The highest BCUT2D eigenvalue weighted by molar-refractivity contribution is 6.30. The molecule has 1 aliphatic carbocycles. The fraction of sp³-hybridized carbons (Fsp3) is 0.450. The number of alkyl halides is 6. The second-order valence-electron chi connectivity index (χ2n) is 7.81. The van der Waals surface area contributed by atoms with Crippen molar-refractivity contribution in [1.29, 1.82) is 0 Å². The fourth-order valence-electron chi connectivity index (χ4n) is 2.93. The molecule has 2 aromatic rings. The van der Waals surface area contributed by atoms with Crippen molar-refractivity contribution in [3.8, 4) is 23.0 Å². The van der Waals surface area contributed by atoms with Gasteiger partial charge in [-0.3, -0.25) is 0 Å². The molecule has 7 nitrogen and oxygen atoms in total. The summed E-state index contributed by atoms with van der Waals surface area (Å²) in [7, 11) is 0. The number of nitrogens with zero attached hydrogens (tertiary/aromatic N) is 2. The van der Waals surface area contributed by atoms with E-state index < -0.39 is 53.8 Å². The number of ether oxygens (including phenoxy) is 2. The van der Waals surface area contributed by atoms with Gasteiger partial charge < -0.3 is 19.9 Å². The lowest BCUT2D eigenvalue weighted by atomic mass is 10.0. The van der Waals surface area contributed by atoms with Crippen LogP contribution < -0.4 is 14.8 Å². The Morgan fingerprint density at radius 3 is 2.26 bits per heavy atom. The Labute approximate surface area is 194 Å². The molecule has 1 aromatic carbocycles. The van der Waals surface area contributed by atoms with E-state index in [0.29, 0.717) is 0 Å². The van der Waals surface area contributed by atoms with Gasteiger partial charge in [-0.1, -0.05) is 23.7 Å². The highest BCUT2D eigenvalue weighted by Crippen LogP contribution is 2.40. The van der Waals surface area contributed by atoms with Crippen LogP contribution in [0.15, 0.2) is 24.3 Å². The molecular formula is C20H18ClF6N3O4. The van der Waals surface area contributed by atoms with Crippen molar-refractivity contribution >= 4 is 17.7 Å². The van der Waals surface area contributed by atoms with Crippen LogP contribution in [0.1, 0.15) is 25.5 Å². The molecule has 1 saturated carbocycles. The smallest absolute Gasteiger partial charge is 0.438 e. The lowest BCUT2D eigenvalue weighted by Crippen LogP contribution is -2.43. The Morgan fingerprint density at radius 2 is 1.74 bits per heavy atom. The molecule has 14 heteroatoms. The lowest BCUT2D eigenvalue weighted by Gasteiger charge is -2.23. The molecule has 1 atom stereocenters. The average Bonchev–Trinajstić information content (AvgIpc) is 3.56. The van der Waals surface area contributed by atoms with Crippen LogP contribution in [0, 0.1) is 5.92 Å². The Morgan fingerprint density at radius 1 is 1.12 bits per heavy atom. The Hall–Kier alpha value is -2.80. The van der Waals surface area contributed by atoms with Gasteiger partial charge in [-0.2, -0.15) is 26.3 Å². The summed E-state index contributed by atoms with van der Waals surface area (Å²) in [5, 5.41) is 12.6. The normalized spacial score (nSPS) is 16.0. The summed E-state index contributed by atoms with van der Waals surface area (Å²) in [6.45, 7) is -0.782. The summed E-state index contributed by atoms with van der Waals surface area (Å²) >= 11 is 5.78. The molecule has 34 heavy (non-hydrogen) atoms. The van der Waals surface area contributed by atoms with Gasteiger partial charge in [0.25, 0.3) is 5.88 Å². The Bertz CT molecular complexity index is 1040. The number of carbonyl (C=O) groups excluding carboxylic acids is 1. The largest absolute Gasteiger partial charge is 0.466 e. The molecule has 0 saturated heterocycles. The predicted molar refractivity (Wildman–Crippen MR) is 106 cm³/mol. The summed E-state index contributed by atoms with van der Waals surface area (Å²) in [6, 6.07) is 5.15. The zero-order chi connectivity index (χ0) is 25.3. The van der Waals surface area contributed by atoms with Gasteiger partial charge in [-0.05, 0) is 37.8 Å². The zero-order valence-corrected chi connectivity index (χ0v) is 18.2. The highest BCUT2D eigenvalue weighted by atomic mass is 35.5. The van der Waals surface area contributed by atoms with Gasteiger partial charge in [-0.15, -0.1) is 0 Å². The van der Waals surface area contributed by atoms with Crippen molar-refractivity contribution in [2.45, 2.75) is 37.7 Å². The van der Waals surface area contributed by atoms with Gasteiger partial charge >= 0.3 is 18.4 Å². The second-order valence-corrected chi connectivity index (χ2v) is 8.25. The van der Waals surface area contributed by atoms with Crippen molar-refractivity contribution in [2.75, 3.05) is 13.2 Å². The van der Waals surface area contributed by atoms with Crippen LogP contribution in [-0.2, 0) is 6.18 Å². The number of aliphatic hydroxyl groups is 1. The van der Waals surface area contributed by atoms with Crippen molar-refractivity contribution in [3.63, 3.8) is 0 Å². The van der Waals surface area contributed by atoms with Crippen LogP contribution in [0.4, 0.5) is 31.1 Å². The zero-order valence-electron chi connectivity index (χ0n) is 17.4. The average molecular weight is 514 g/mol. The van der Waals surface area contributed by atoms with Crippen LogP contribution in [0.25, 0.3) is 11.3 Å². The molecule has 0 radical (unpaired) electrons. The van der Waals surface area contributed by atoms with E-state index in [1.54, 1.807) is 0 Å². The molecule has 1 aromatic heterocycles.